The van der Waals surface area contributed by atoms with Gasteiger partial charge in [0.2, 0.25) is 5.91 Å². The minimum Gasteiger partial charge on any atom is -0.465 e. The van der Waals surface area contributed by atoms with Gasteiger partial charge in [0.15, 0.2) is 29.2 Å². The zero-order valence-corrected chi connectivity index (χ0v) is 19.6. The van der Waals surface area contributed by atoms with E-state index in [1.165, 1.54) is 19.9 Å². The van der Waals surface area contributed by atoms with Gasteiger partial charge < -0.3 is 14.8 Å². The van der Waals surface area contributed by atoms with Gasteiger partial charge in [-0.25, -0.2) is 22.4 Å². The van der Waals surface area contributed by atoms with E-state index in [1.54, 1.807) is 0 Å². The highest BCUT2D eigenvalue weighted by Crippen LogP contribution is 2.28. The number of amides is 2. The maximum atomic E-state index is 14.8. The molecule has 2 aromatic carbocycles. The number of cyclic esters (lactones) is 1. The highest BCUT2D eigenvalue weighted by Gasteiger charge is 2.33. The summed E-state index contributed by atoms with van der Waals surface area (Å²) in [6, 6.07) is 3.90. The van der Waals surface area contributed by atoms with Crippen LogP contribution in [0.3, 0.4) is 0 Å². The summed E-state index contributed by atoms with van der Waals surface area (Å²) in [5, 5.41) is 2.51. The number of esters is 1. The molecular weight excluding hydrogens is 502 g/mol. The zero-order valence-electron chi connectivity index (χ0n) is 19.6. The predicted octanol–water partition coefficient (Wildman–Crippen LogP) is 3.47. The number of hydrogen-bond acceptors (Lipinski definition) is 7. The molecule has 0 aromatic heterocycles. The predicted molar refractivity (Wildman–Crippen MR) is 122 cm³/mol. The number of anilines is 1. The summed E-state index contributed by atoms with van der Waals surface area (Å²) >= 11 is 0. The molecule has 2 unspecified atom stereocenters. The Labute approximate surface area is 208 Å². The quantitative estimate of drug-likeness (QED) is 0.135. The number of hydrogen-bond donors (Lipinski definition) is 1. The molecule has 0 aliphatic carbocycles. The second kappa shape index (κ2) is 11.6. The average molecular weight is 523 g/mol. The van der Waals surface area contributed by atoms with Gasteiger partial charge in [-0.3, -0.25) is 24.3 Å². The Bertz CT molecular complexity index is 1270. The van der Waals surface area contributed by atoms with Crippen molar-refractivity contribution >= 4 is 41.3 Å². The van der Waals surface area contributed by atoms with Crippen LogP contribution in [0.1, 0.15) is 24.2 Å². The van der Waals surface area contributed by atoms with Crippen LogP contribution in [0.4, 0.5) is 33.7 Å². The van der Waals surface area contributed by atoms with Crippen LogP contribution < -0.4 is 10.2 Å². The Balaban J connectivity index is 1.83. The van der Waals surface area contributed by atoms with Crippen molar-refractivity contribution in [1.82, 2.24) is 5.32 Å². The number of benzene rings is 2. The Morgan fingerprint density at radius 1 is 1.14 bits per heavy atom. The molecule has 1 aliphatic heterocycles. The topological polar surface area (TPSA) is 114 Å². The molecule has 1 saturated heterocycles. The highest BCUT2D eigenvalue weighted by atomic mass is 19.2. The molecule has 0 radical (unpaired) electrons. The maximum Gasteiger partial charge on any atom is 0.414 e. The molecule has 196 valence electrons. The molecule has 13 heteroatoms. The number of carbonyl (C=O) groups excluding carboxylic acids is 4. The molecule has 0 bridgehead atoms. The Morgan fingerprint density at radius 2 is 1.84 bits per heavy atom. The fourth-order valence-corrected chi connectivity index (χ4v) is 3.37. The molecule has 2 aromatic rings. The van der Waals surface area contributed by atoms with Crippen molar-refractivity contribution in [2.24, 2.45) is 10.9 Å². The number of nitrogens with zero attached hydrogens (tertiary/aromatic N) is 2. The third kappa shape index (κ3) is 6.48. The summed E-state index contributed by atoms with van der Waals surface area (Å²) in [7, 11) is 0. The van der Waals surface area contributed by atoms with Gasteiger partial charge in [0, 0.05) is 19.2 Å². The van der Waals surface area contributed by atoms with Crippen molar-refractivity contribution in [2.45, 2.75) is 20.0 Å². The normalized spacial score (nSPS) is 16.0. The van der Waals surface area contributed by atoms with E-state index in [0.717, 1.165) is 17.0 Å². The fraction of sp³-hybridized carbons (Fsp3) is 0.292. The molecule has 37 heavy (non-hydrogen) atoms. The molecule has 1 heterocycles. The second-order valence-corrected chi connectivity index (χ2v) is 7.81. The van der Waals surface area contributed by atoms with Crippen molar-refractivity contribution in [3.63, 3.8) is 0 Å². The largest absolute Gasteiger partial charge is 0.465 e. The first-order valence-electron chi connectivity index (χ1n) is 10.9. The number of halogens is 4. The standard InChI is InChI=1S/C24H21F4N3O6/c1-3-36-23(34)16(22(33)15-7-18(26)19(27)8-17(15)25)10-30-21-5-4-13(6-20(21)28)31-11-14(37-24(31)35)9-29-12(2)32/h4-8,10,14,16H,3,9,11H2,1-2H3,(H,29,32). The van der Waals surface area contributed by atoms with Crippen LogP contribution >= 0.6 is 0 Å². The molecule has 1 fully saturated rings. The van der Waals surface area contributed by atoms with Crippen LogP contribution in [0.5, 0.6) is 0 Å². The average Bonchev–Trinajstić information content (AvgIpc) is 3.21. The lowest BCUT2D eigenvalue weighted by molar-refractivity contribution is -0.144. The van der Waals surface area contributed by atoms with Crippen LogP contribution in [-0.2, 0) is 19.1 Å². The van der Waals surface area contributed by atoms with E-state index in [1.807, 2.05) is 0 Å². The minimum atomic E-state index is -1.89. The highest BCUT2D eigenvalue weighted by molar-refractivity contribution is 6.18. The lowest BCUT2D eigenvalue weighted by Gasteiger charge is -2.14. The van der Waals surface area contributed by atoms with E-state index in [9.17, 15) is 36.7 Å². The van der Waals surface area contributed by atoms with Gasteiger partial charge in [0.05, 0.1) is 36.6 Å². The third-order valence-electron chi connectivity index (χ3n) is 5.16. The van der Waals surface area contributed by atoms with Crippen LogP contribution in [0.25, 0.3) is 0 Å². The van der Waals surface area contributed by atoms with Gasteiger partial charge in [-0.15, -0.1) is 0 Å². The monoisotopic (exact) mass is 523 g/mol. The Morgan fingerprint density at radius 3 is 2.49 bits per heavy atom. The van der Waals surface area contributed by atoms with E-state index in [4.69, 9.17) is 9.47 Å². The zero-order chi connectivity index (χ0) is 27.3. The summed E-state index contributed by atoms with van der Waals surface area (Å²) in [5.41, 5.74) is -1.15. The maximum absolute atomic E-state index is 14.8. The van der Waals surface area contributed by atoms with Crippen molar-refractivity contribution in [3.8, 4) is 0 Å². The first-order valence-corrected chi connectivity index (χ1v) is 10.9. The molecule has 2 amide bonds. The van der Waals surface area contributed by atoms with Gasteiger partial charge in [-0.05, 0) is 31.2 Å². The number of carbonyl (C=O) groups is 4. The number of aliphatic imine (C=N–C) groups is 1. The van der Waals surface area contributed by atoms with Gasteiger partial charge >= 0.3 is 12.1 Å². The number of ether oxygens (including phenoxy) is 2. The number of Topliss-reactive ketones (excluding diaryl/α,β-unsaturated/α-hetero) is 1. The van der Waals surface area contributed by atoms with Crippen LogP contribution in [0.2, 0.25) is 0 Å². The van der Waals surface area contributed by atoms with E-state index in [0.29, 0.717) is 12.3 Å². The lowest BCUT2D eigenvalue weighted by atomic mass is 9.98. The molecule has 1 N–H and O–H groups in total. The first kappa shape index (κ1) is 27.3. The molecule has 0 saturated carbocycles. The first-order chi connectivity index (χ1) is 17.5. The van der Waals surface area contributed by atoms with Gasteiger partial charge in [0.25, 0.3) is 0 Å². The van der Waals surface area contributed by atoms with E-state index in [-0.39, 0.29) is 43.0 Å². The summed E-state index contributed by atoms with van der Waals surface area (Å²) in [4.78, 5) is 53.2. The molecular formula is C24H21F4N3O6. The smallest absolute Gasteiger partial charge is 0.414 e. The van der Waals surface area contributed by atoms with Gasteiger partial charge in [-0.1, -0.05) is 0 Å². The van der Waals surface area contributed by atoms with Crippen molar-refractivity contribution in [1.29, 1.82) is 0 Å². The summed E-state index contributed by atoms with van der Waals surface area (Å²) in [5.74, 6) is -10.0. The van der Waals surface area contributed by atoms with E-state index in [2.05, 4.69) is 10.3 Å². The lowest BCUT2D eigenvalue weighted by Crippen LogP contribution is -2.33. The summed E-state index contributed by atoms with van der Waals surface area (Å²) in [6.07, 6.45) is -0.704. The summed E-state index contributed by atoms with van der Waals surface area (Å²) in [6.45, 7) is 2.70. The number of rotatable bonds is 9. The Hall–Kier alpha value is -4.29. The number of ketones is 1. The van der Waals surface area contributed by atoms with E-state index >= 15 is 0 Å². The SMILES string of the molecule is CCOC(=O)C(C=Nc1ccc(N2CC(CNC(C)=O)OC2=O)cc1F)C(=O)c1cc(F)c(F)cc1F. The molecule has 0 spiro atoms. The van der Waals surface area contributed by atoms with Crippen molar-refractivity contribution < 1.29 is 46.2 Å². The molecule has 3 rings (SSSR count). The molecule has 1 aliphatic rings. The molecule has 2 atom stereocenters. The van der Waals surface area contributed by atoms with Crippen molar-refractivity contribution in [3.05, 3.63) is 59.2 Å². The third-order valence-corrected chi connectivity index (χ3v) is 5.16. The van der Waals surface area contributed by atoms with Crippen LogP contribution in [-0.4, -0.2) is 55.8 Å². The second-order valence-electron chi connectivity index (χ2n) is 7.81. The minimum absolute atomic E-state index is 0.0421. The van der Waals surface area contributed by atoms with Crippen LogP contribution in [0.15, 0.2) is 35.3 Å². The fourth-order valence-electron chi connectivity index (χ4n) is 3.37. The van der Waals surface area contributed by atoms with Gasteiger partial charge in [-0.2, -0.15) is 0 Å². The Kier molecular flexibility index (Phi) is 8.58. The van der Waals surface area contributed by atoms with E-state index < -0.39 is 58.7 Å². The van der Waals surface area contributed by atoms with Crippen LogP contribution in [0, 0.1) is 29.2 Å². The van der Waals surface area contributed by atoms with Gasteiger partial charge in [0.1, 0.15) is 11.9 Å². The summed E-state index contributed by atoms with van der Waals surface area (Å²) < 4.78 is 65.6. The van der Waals surface area contributed by atoms with Crippen molar-refractivity contribution in [2.75, 3.05) is 24.6 Å². The molecule has 9 nitrogen and oxygen atoms in total. The number of nitrogens with one attached hydrogen (secondary N) is 1.